The van der Waals surface area contributed by atoms with Crippen LogP contribution in [0.4, 0.5) is 5.69 Å². The van der Waals surface area contributed by atoms with Gasteiger partial charge in [0.15, 0.2) is 0 Å². The minimum Gasteiger partial charge on any atom is -0.319 e. The molecule has 3 rings (SSSR count). The van der Waals surface area contributed by atoms with Crippen molar-refractivity contribution in [1.29, 1.82) is 0 Å². The third-order valence-electron chi connectivity index (χ3n) is 2.68. The lowest BCUT2D eigenvalue weighted by Gasteiger charge is -2.03. The molecule has 0 spiro atoms. The molecule has 18 heavy (non-hydrogen) atoms. The highest BCUT2D eigenvalue weighted by Gasteiger charge is 2.11. The Balaban J connectivity index is 1.94. The van der Waals surface area contributed by atoms with Crippen LogP contribution in [0.15, 0.2) is 36.8 Å². The quantitative estimate of drug-likeness (QED) is 0.714. The van der Waals surface area contributed by atoms with Crippen molar-refractivity contribution in [3.8, 4) is 0 Å². The predicted molar refractivity (Wildman–Crippen MR) is 67.3 cm³/mol. The van der Waals surface area contributed by atoms with E-state index in [-0.39, 0.29) is 5.91 Å². The van der Waals surface area contributed by atoms with Gasteiger partial charge >= 0.3 is 0 Å². The number of rotatable bonds is 2. The first-order chi connectivity index (χ1) is 8.74. The zero-order valence-corrected chi connectivity index (χ0v) is 9.71. The van der Waals surface area contributed by atoms with Crippen molar-refractivity contribution in [2.24, 2.45) is 7.05 Å². The van der Waals surface area contributed by atoms with Crippen molar-refractivity contribution in [2.75, 3.05) is 5.32 Å². The number of aromatic nitrogens is 4. The third kappa shape index (κ3) is 1.73. The van der Waals surface area contributed by atoms with Crippen LogP contribution in [0.25, 0.3) is 10.9 Å². The van der Waals surface area contributed by atoms with E-state index < -0.39 is 0 Å². The zero-order chi connectivity index (χ0) is 12.5. The van der Waals surface area contributed by atoms with E-state index in [0.29, 0.717) is 11.3 Å². The summed E-state index contributed by atoms with van der Waals surface area (Å²) in [6.07, 6.45) is 5.03. The number of H-pyrrole nitrogens is 1. The maximum atomic E-state index is 12.1. The number of anilines is 1. The molecule has 0 bridgehead atoms. The standard InChI is InChI=1S/C12H11N5O/c1-17-7-9(6-14-17)15-12(18)10-4-2-3-8-5-13-16-11(8)10/h2-7H,1H3,(H,13,16)(H,15,18). The van der Waals surface area contributed by atoms with E-state index >= 15 is 0 Å². The normalized spacial score (nSPS) is 10.7. The number of hydrogen-bond donors (Lipinski definition) is 2. The molecule has 3 aromatic rings. The molecule has 6 heteroatoms. The van der Waals surface area contributed by atoms with Crippen LogP contribution in [0.3, 0.4) is 0 Å². The molecule has 1 amide bonds. The summed E-state index contributed by atoms with van der Waals surface area (Å²) in [6, 6.07) is 5.49. The molecule has 2 heterocycles. The lowest BCUT2D eigenvalue weighted by atomic mass is 10.1. The van der Waals surface area contributed by atoms with Crippen LogP contribution in [-0.4, -0.2) is 25.9 Å². The minimum absolute atomic E-state index is 0.183. The summed E-state index contributed by atoms with van der Waals surface area (Å²) in [4.78, 5) is 12.1. The Bertz CT molecular complexity index is 712. The van der Waals surface area contributed by atoms with Gasteiger partial charge in [-0.05, 0) is 6.07 Å². The first kappa shape index (κ1) is 10.5. The summed E-state index contributed by atoms with van der Waals surface area (Å²) in [5.41, 5.74) is 1.96. The van der Waals surface area contributed by atoms with Crippen LogP contribution >= 0.6 is 0 Å². The van der Waals surface area contributed by atoms with Gasteiger partial charge in [-0.2, -0.15) is 10.2 Å². The van der Waals surface area contributed by atoms with Crippen molar-refractivity contribution in [2.45, 2.75) is 0 Å². The fourth-order valence-electron chi connectivity index (χ4n) is 1.84. The molecule has 1 aromatic carbocycles. The van der Waals surface area contributed by atoms with Crippen LogP contribution in [0.2, 0.25) is 0 Å². The van der Waals surface area contributed by atoms with E-state index in [0.717, 1.165) is 10.9 Å². The first-order valence-electron chi connectivity index (χ1n) is 5.46. The van der Waals surface area contributed by atoms with E-state index in [4.69, 9.17) is 0 Å². The van der Waals surface area contributed by atoms with E-state index in [1.54, 1.807) is 36.4 Å². The number of nitrogens with one attached hydrogen (secondary N) is 2. The molecule has 0 saturated carbocycles. The van der Waals surface area contributed by atoms with Crippen molar-refractivity contribution in [3.63, 3.8) is 0 Å². The second-order valence-electron chi connectivity index (χ2n) is 4.00. The van der Waals surface area contributed by atoms with Gasteiger partial charge in [-0.15, -0.1) is 0 Å². The minimum atomic E-state index is -0.183. The SMILES string of the molecule is Cn1cc(NC(=O)c2cccc3cn[nH]c23)cn1. The van der Waals surface area contributed by atoms with Gasteiger partial charge in [-0.3, -0.25) is 14.6 Å². The Hall–Kier alpha value is -2.63. The number of carbonyl (C=O) groups is 1. The summed E-state index contributed by atoms with van der Waals surface area (Å²) in [6.45, 7) is 0. The number of carbonyl (C=O) groups excluding carboxylic acids is 1. The molecular weight excluding hydrogens is 230 g/mol. The summed E-state index contributed by atoms with van der Waals surface area (Å²) in [5, 5.41) is 14.5. The van der Waals surface area contributed by atoms with Crippen LogP contribution < -0.4 is 5.32 Å². The number of para-hydroxylation sites is 1. The average molecular weight is 241 g/mol. The Kier molecular flexibility index (Phi) is 2.33. The Labute approximate surface area is 103 Å². The molecule has 6 nitrogen and oxygen atoms in total. The first-order valence-corrected chi connectivity index (χ1v) is 5.46. The zero-order valence-electron chi connectivity index (χ0n) is 9.71. The average Bonchev–Trinajstić information content (AvgIpc) is 2.97. The highest BCUT2D eigenvalue weighted by Crippen LogP contribution is 2.17. The number of hydrogen-bond acceptors (Lipinski definition) is 3. The number of aromatic amines is 1. The molecule has 0 radical (unpaired) electrons. The second kappa shape index (κ2) is 3.99. The van der Waals surface area contributed by atoms with Crippen LogP contribution in [0.5, 0.6) is 0 Å². The Morgan fingerprint density at radius 3 is 3.06 bits per heavy atom. The van der Waals surface area contributed by atoms with Crippen molar-refractivity contribution in [3.05, 3.63) is 42.4 Å². The largest absolute Gasteiger partial charge is 0.319 e. The van der Waals surface area contributed by atoms with Crippen LogP contribution in [-0.2, 0) is 7.05 Å². The van der Waals surface area contributed by atoms with E-state index in [1.165, 1.54) is 0 Å². The van der Waals surface area contributed by atoms with Gasteiger partial charge in [0.05, 0.1) is 29.2 Å². The van der Waals surface area contributed by atoms with Crippen molar-refractivity contribution in [1.82, 2.24) is 20.0 Å². The smallest absolute Gasteiger partial charge is 0.257 e. The molecule has 0 unspecified atom stereocenters. The lowest BCUT2D eigenvalue weighted by Crippen LogP contribution is -2.11. The van der Waals surface area contributed by atoms with Crippen molar-refractivity contribution < 1.29 is 4.79 Å². The molecule has 2 aromatic heterocycles. The number of benzene rings is 1. The highest BCUT2D eigenvalue weighted by atomic mass is 16.1. The maximum absolute atomic E-state index is 12.1. The number of aryl methyl sites for hydroxylation is 1. The fraction of sp³-hybridized carbons (Fsp3) is 0.0833. The number of fused-ring (bicyclic) bond motifs is 1. The molecule has 90 valence electrons. The van der Waals surface area contributed by atoms with Gasteiger partial charge < -0.3 is 5.32 Å². The fourth-order valence-corrected chi connectivity index (χ4v) is 1.84. The Morgan fingerprint density at radius 2 is 2.28 bits per heavy atom. The molecule has 0 aliphatic carbocycles. The number of amides is 1. The lowest BCUT2D eigenvalue weighted by molar-refractivity contribution is 0.102. The summed E-state index contributed by atoms with van der Waals surface area (Å²) in [7, 11) is 1.80. The monoisotopic (exact) mass is 241 g/mol. The highest BCUT2D eigenvalue weighted by molar-refractivity contribution is 6.11. The second-order valence-corrected chi connectivity index (χ2v) is 4.00. The van der Waals surface area contributed by atoms with Gasteiger partial charge in [0.1, 0.15) is 0 Å². The molecule has 0 aliphatic rings. The van der Waals surface area contributed by atoms with E-state index in [9.17, 15) is 4.79 Å². The summed E-state index contributed by atoms with van der Waals surface area (Å²) in [5.74, 6) is -0.183. The number of nitrogens with zero attached hydrogens (tertiary/aromatic N) is 3. The van der Waals surface area contributed by atoms with E-state index in [1.807, 2.05) is 12.1 Å². The van der Waals surface area contributed by atoms with Gasteiger partial charge in [0.25, 0.3) is 5.91 Å². The molecule has 0 atom stereocenters. The van der Waals surface area contributed by atoms with Crippen LogP contribution in [0.1, 0.15) is 10.4 Å². The topological polar surface area (TPSA) is 75.6 Å². The molecule has 0 aliphatic heterocycles. The van der Waals surface area contributed by atoms with Gasteiger partial charge in [-0.25, -0.2) is 0 Å². The summed E-state index contributed by atoms with van der Waals surface area (Å²) < 4.78 is 1.63. The maximum Gasteiger partial charge on any atom is 0.257 e. The third-order valence-corrected chi connectivity index (χ3v) is 2.68. The van der Waals surface area contributed by atoms with Gasteiger partial charge in [0, 0.05) is 18.6 Å². The molecule has 0 fully saturated rings. The van der Waals surface area contributed by atoms with Crippen molar-refractivity contribution >= 4 is 22.5 Å². The predicted octanol–water partition coefficient (Wildman–Crippen LogP) is 1.55. The van der Waals surface area contributed by atoms with Crippen LogP contribution in [0, 0.1) is 0 Å². The molecule has 0 saturated heterocycles. The molecular formula is C12H11N5O. The summed E-state index contributed by atoms with van der Waals surface area (Å²) >= 11 is 0. The van der Waals surface area contributed by atoms with Gasteiger partial charge in [-0.1, -0.05) is 12.1 Å². The Morgan fingerprint density at radius 1 is 1.39 bits per heavy atom. The molecule has 2 N–H and O–H groups in total. The van der Waals surface area contributed by atoms with Gasteiger partial charge in [0.2, 0.25) is 0 Å². The van der Waals surface area contributed by atoms with E-state index in [2.05, 4.69) is 20.6 Å².